The van der Waals surface area contributed by atoms with Gasteiger partial charge in [-0.25, -0.2) is 0 Å². The van der Waals surface area contributed by atoms with Gasteiger partial charge in [0.05, 0.1) is 0 Å². The van der Waals surface area contributed by atoms with Crippen molar-refractivity contribution in [3.8, 4) is 0 Å². The number of ether oxygens (including phenoxy) is 1. The van der Waals surface area contributed by atoms with E-state index in [0.29, 0.717) is 17.7 Å². The van der Waals surface area contributed by atoms with Gasteiger partial charge in [0.25, 0.3) is 0 Å². The average molecular weight is 268 g/mol. The van der Waals surface area contributed by atoms with Crippen LogP contribution in [0, 0.1) is 17.8 Å². The Morgan fingerprint density at radius 3 is 2.58 bits per heavy atom. The van der Waals surface area contributed by atoms with Crippen LogP contribution in [-0.4, -0.2) is 43.7 Å². The van der Waals surface area contributed by atoms with Crippen molar-refractivity contribution in [3.05, 3.63) is 0 Å². The maximum atomic E-state index is 12.6. The zero-order valence-electron chi connectivity index (χ0n) is 12.3. The summed E-state index contributed by atoms with van der Waals surface area (Å²) >= 11 is 0. The third-order valence-corrected chi connectivity index (χ3v) is 5.01. The molecule has 2 N–H and O–H groups in total. The van der Waals surface area contributed by atoms with Crippen molar-refractivity contribution in [1.29, 1.82) is 0 Å². The van der Waals surface area contributed by atoms with Gasteiger partial charge in [0.1, 0.15) is 0 Å². The minimum absolute atomic E-state index is 0.155. The highest BCUT2D eigenvalue weighted by molar-refractivity contribution is 5.79. The van der Waals surface area contributed by atoms with Gasteiger partial charge < -0.3 is 15.4 Å². The lowest BCUT2D eigenvalue weighted by atomic mass is 9.76. The second-order valence-electron chi connectivity index (χ2n) is 6.28. The zero-order valence-corrected chi connectivity index (χ0v) is 12.3. The van der Waals surface area contributed by atoms with Crippen molar-refractivity contribution >= 4 is 5.91 Å². The summed E-state index contributed by atoms with van der Waals surface area (Å²) in [5.41, 5.74) is 6.11. The number of carbonyl (C=O) groups excluding carboxylic acids is 1. The van der Waals surface area contributed by atoms with Gasteiger partial charge in [0.2, 0.25) is 5.91 Å². The first-order chi connectivity index (χ1) is 9.13. The smallest absolute Gasteiger partial charge is 0.226 e. The molecule has 0 aromatic carbocycles. The number of piperidine rings is 1. The summed E-state index contributed by atoms with van der Waals surface area (Å²) in [6, 6.07) is 0.203. The van der Waals surface area contributed by atoms with Gasteiger partial charge in [0, 0.05) is 38.8 Å². The highest BCUT2D eigenvalue weighted by atomic mass is 16.5. The van der Waals surface area contributed by atoms with Gasteiger partial charge in [-0.2, -0.15) is 0 Å². The molecule has 2 aliphatic rings. The van der Waals surface area contributed by atoms with Gasteiger partial charge >= 0.3 is 0 Å². The van der Waals surface area contributed by atoms with Gasteiger partial charge in [-0.1, -0.05) is 13.3 Å². The summed E-state index contributed by atoms with van der Waals surface area (Å²) in [4.78, 5) is 14.7. The molecule has 0 spiro atoms. The van der Waals surface area contributed by atoms with Gasteiger partial charge in [-0.05, 0) is 37.5 Å². The fraction of sp³-hybridized carbons (Fsp3) is 0.933. The number of nitrogens with two attached hydrogens (primary N) is 1. The van der Waals surface area contributed by atoms with Crippen LogP contribution in [-0.2, 0) is 9.53 Å². The Bertz CT molecular complexity index is 301. The van der Waals surface area contributed by atoms with Crippen LogP contribution in [0.3, 0.4) is 0 Å². The first kappa shape index (κ1) is 14.8. The maximum absolute atomic E-state index is 12.6. The SMILES string of the molecule is COCC1CCN(C(=O)C2CCCC(N)C2C)CC1. The van der Waals surface area contributed by atoms with Crippen LogP contribution in [0.1, 0.15) is 39.0 Å². The van der Waals surface area contributed by atoms with Crippen LogP contribution in [0.5, 0.6) is 0 Å². The monoisotopic (exact) mass is 268 g/mol. The molecule has 4 nitrogen and oxygen atoms in total. The van der Waals surface area contributed by atoms with Gasteiger partial charge in [-0.3, -0.25) is 4.79 Å². The molecule has 3 atom stereocenters. The van der Waals surface area contributed by atoms with E-state index in [1.54, 1.807) is 7.11 Å². The molecule has 1 heterocycles. The van der Waals surface area contributed by atoms with E-state index in [0.717, 1.165) is 51.8 Å². The molecule has 110 valence electrons. The van der Waals surface area contributed by atoms with E-state index in [1.807, 2.05) is 0 Å². The molecule has 2 rings (SSSR count). The summed E-state index contributed by atoms with van der Waals surface area (Å²) in [5, 5.41) is 0. The van der Waals surface area contributed by atoms with Crippen LogP contribution in [0.4, 0.5) is 0 Å². The number of hydrogen-bond donors (Lipinski definition) is 1. The molecule has 0 aromatic heterocycles. The number of rotatable bonds is 3. The largest absolute Gasteiger partial charge is 0.384 e. The molecular formula is C15H28N2O2. The maximum Gasteiger partial charge on any atom is 0.226 e. The number of amides is 1. The molecule has 1 amide bonds. The fourth-order valence-corrected chi connectivity index (χ4v) is 3.54. The molecule has 1 saturated heterocycles. The molecule has 0 bridgehead atoms. The standard InChI is InChI=1S/C15H28N2O2/c1-11-13(4-3-5-14(11)16)15(18)17-8-6-12(7-9-17)10-19-2/h11-14H,3-10,16H2,1-2H3. The van der Waals surface area contributed by atoms with Crippen molar-refractivity contribution in [3.63, 3.8) is 0 Å². The number of likely N-dealkylation sites (tertiary alicyclic amines) is 1. The second-order valence-corrected chi connectivity index (χ2v) is 6.28. The molecule has 1 aliphatic heterocycles. The summed E-state index contributed by atoms with van der Waals surface area (Å²) in [6.07, 6.45) is 5.34. The molecule has 0 aromatic rings. The van der Waals surface area contributed by atoms with Crippen molar-refractivity contribution in [2.45, 2.75) is 45.1 Å². The molecule has 1 saturated carbocycles. The lowest BCUT2D eigenvalue weighted by Gasteiger charge is -2.39. The topological polar surface area (TPSA) is 55.6 Å². The van der Waals surface area contributed by atoms with E-state index in [4.69, 9.17) is 10.5 Å². The first-order valence-electron chi connectivity index (χ1n) is 7.66. The fourth-order valence-electron chi connectivity index (χ4n) is 3.54. The minimum Gasteiger partial charge on any atom is -0.384 e. The minimum atomic E-state index is 0.155. The van der Waals surface area contributed by atoms with Crippen LogP contribution in [0.2, 0.25) is 0 Å². The second kappa shape index (κ2) is 6.71. The predicted octanol–water partition coefficient (Wildman–Crippen LogP) is 1.63. The molecule has 1 aliphatic carbocycles. The third kappa shape index (κ3) is 3.48. The average Bonchev–Trinajstić information content (AvgIpc) is 2.42. The Morgan fingerprint density at radius 2 is 1.95 bits per heavy atom. The quantitative estimate of drug-likeness (QED) is 0.846. The number of hydrogen-bond acceptors (Lipinski definition) is 3. The van der Waals surface area contributed by atoms with E-state index >= 15 is 0 Å². The highest BCUT2D eigenvalue weighted by Gasteiger charge is 2.36. The third-order valence-electron chi connectivity index (χ3n) is 5.01. The first-order valence-corrected chi connectivity index (χ1v) is 7.66. The summed E-state index contributed by atoms with van der Waals surface area (Å²) in [5.74, 6) is 1.46. The number of carbonyl (C=O) groups is 1. The van der Waals surface area contributed by atoms with Gasteiger partial charge in [0.15, 0.2) is 0 Å². The van der Waals surface area contributed by atoms with Crippen molar-refractivity contribution in [2.75, 3.05) is 26.8 Å². The predicted molar refractivity (Wildman–Crippen MR) is 75.7 cm³/mol. The Hall–Kier alpha value is -0.610. The Labute approximate surface area is 116 Å². The molecule has 4 heteroatoms. The molecule has 3 unspecified atom stereocenters. The molecule has 19 heavy (non-hydrogen) atoms. The summed E-state index contributed by atoms with van der Waals surface area (Å²) in [7, 11) is 1.75. The Morgan fingerprint density at radius 1 is 1.26 bits per heavy atom. The van der Waals surface area contributed by atoms with Crippen LogP contribution in [0.25, 0.3) is 0 Å². The molecule has 0 radical (unpaired) electrons. The Kier molecular flexibility index (Phi) is 5.22. The van der Waals surface area contributed by atoms with E-state index in [-0.39, 0.29) is 12.0 Å². The van der Waals surface area contributed by atoms with Crippen molar-refractivity contribution in [1.82, 2.24) is 4.90 Å². The lowest BCUT2D eigenvalue weighted by molar-refractivity contribution is -0.140. The molecular weight excluding hydrogens is 240 g/mol. The van der Waals surface area contributed by atoms with E-state index in [1.165, 1.54) is 0 Å². The summed E-state index contributed by atoms with van der Waals surface area (Å²) < 4.78 is 5.20. The van der Waals surface area contributed by atoms with Crippen LogP contribution in [0.15, 0.2) is 0 Å². The number of methoxy groups -OCH3 is 1. The van der Waals surface area contributed by atoms with E-state index < -0.39 is 0 Å². The van der Waals surface area contributed by atoms with Crippen molar-refractivity contribution in [2.24, 2.45) is 23.5 Å². The number of nitrogens with zero attached hydrogens (tertiary/aromatic N) is 1. The summed E-state index contributed by atoms with van der Waals surface area (Å²) in [6.45, 7) is 4.76. The Balaban J connectivity index is 1.86. The van der Waals surface area contributed by atoms with Crippen molar-refractivity contribution < 1.29 is 9.53 Å². The lowest BCUT2D eigenvalue weighted by Crippen LogP contribution is -2.48. The van der Waals surface area contributed by atoms with Crippen LogP contribution >= 0.6 is 0 Å². The highest BCUT2D eigenvalue weighted by Crippen LogP contribution is 2.31. The zero-order chi connectivity index (χ0) is 13.8. The van der Waals surface area contributed by atoms with E-state index in [9.17, 15) is 4.79 Å². The van der Waals surface area contributed by atoms with E-state index in [2.05, 4.69) is 11.8 Å². The van der Waals surface area contributed by atoms with Gasteiger partial charge in [-0.15, -0.1) is 0 Å². The molecule has 2 fully saturated rings. The normalized spacial score (nSPS) is 33.4. The van der Waals surface area contributed by atoms with Crippen LogP contribution < -0.4 is 5.73 Å².